The van der Waals surface area contributed by atoms with E-state index in [4.69, 9.17) is 21.3 Å². The molecule has 0 radical (unpaired) electrons. The average molecular weight is 432 g/mol. The molecule has 4 aromatic rings. The average Bonchev–Trinajstić information content (AvgIpc) is 3.33. The number of aromatic nitrogens is 5. The fourth-order valence-corrected chi connectivity index (χ4v) is 4.92. The van der Waals surface area contributed by atoms with Crippen molar-refractivity contribution < 1.29 is 9.53 Å². The fraction of sp³-hybridized carbons (Fsp3) is 0.261. The minimum atomic E-state index is -0.499. The van der Waals surface area contributed by atoms with Crippen LogP contribution in [0.3, 0.4) is 0 Å². The van der Waals surface area contributed by atoms with Crippen molar-refractivity contribution in [2.75, 3.05) is 0 Å². The highest BCUT2D eigenvalue weighted by molar-refractivity contribution is 6.29. The Morgan fingerprint density at radius 1 is 1.03 bits per heavy atom. The number of carbonyl (C=O) groups is 1. The second-order valence-corrected chi connectivity index (χ2v) is 8.49. The first kappa shape index (κ1) is 18.4. The first-order valence-electron chi connectivity index (χ1n) is 10.3. The summed E-state index contributed by atoms with van der Waals surface area (Å²) in [5.74, 6) is 1.43. The van der Waals surface area contributed by atoms with Crippen molar-refractivity contribution >= 4 is 28.7 Å². The molecule has 6 rings (SSSR count). The van der Waals surface area contributed by atoms with Gasteiger partial charge < -0.3 is 9.72 Å². The highest BCUT2D eigenvalue weighted by Gasteiger charge is 2.47. The topological polar surface area (TPSA) is 93.7 Å². The van der Waals surface area contributed by atoms with E-state index in [-0.39, 0.29) is 11.9 Å². The summed E-state index contributed by atoms with van der Waals surface area (Å²) in [4.78, 5) is 33.7. The number of halogens is 1. The van der Waals surface area contributed by atoms with E-state index < -0.39 is 5.60 Å². The molecule has 1 aliphatic heterocycles. The summed E-state index contributed by atoms with van der Waals surface area (Å²) >= 11 is 5.99. The Labute approximate surface area is 182 Å². The Kier molecular flexibility index (Phi) is 4.08. The normalized spacial score (nSPS) is 22.6. The van der Waals surface area contributed by atoms with E-state index in [1.807, 2.05) is 36.4 Å². The number of fused-ring (bicyclic) bond motifs is 3. The van der Waals surface area contributed by atoms with Crippen LogP contribution in [0.4, 0.5) is 0 Å². The summed E-state index contributed by atoms with van der Waals surface area (Å²) in [5.41, 5.74) is 3.24. The van der Waals surface area contributed by atoms with E-state index >= 15 is 0 Å². The molecular weight excluding hydrogens is 414 g/mol. The van der Waals surface area contributed by atoms with Crippen LogP contribution in [-0.2, 0) is 10.3 Å². The quantitative estimate of drug-likeness (QED) is 0.362. The lowest BCUT2D eigenvalue weighted by Crippen LogP contribution is -2.31. The summed E-state index contributed by atoms with van der Waals surface area (Å²) in [5, 5.41) is 0.400. The van der Waals surface area contributed by atoms with Crippen LogP contribution in [0.15, 0.2) is 48.7 Å². The van der Waals surface area contributed by atoms with Crippen molar-refractivity contribution in [3.8, 4) is 11.5 Å². The Morgan fingerprint density at radius 3 is 2.71 bits per heavy atom. The number of pyridine rings is 1. The Hall–Kier alpha value is -3.32. The van der Waals surface area contributed by atoms with Gasteiger partial charge in [-0.15, -0.1) is 0 Å². The number of hydrogen-bond acceptors (Lipinski definition) is 6. The molecule has 2 aliphatic rings. The number of imidazole rings is 1. The minimum Gasteiger partial charge on any atom is -0.451 e. The zero-order chi connectivity index (χ0) is 21.0. The van der Waals surface area contributed by atoms with Crippen LogP contribution in [0.5, 0.6) is 0 Å². The number of nitrogens with zero attached hydrogens (tertiary/aromatic N) is 4. The third kappa shape index (κ3) is 2.99. The fourth-order valence-electron chi connectivity index (χ4n) is 4.75. The van der Waals surface area contributed by atoms with Crippen molar-refractivity contribution in [3.05, 3.63) is 70.8 Å². The maximum absolute atomic E-state index is 12.3. The highest BCUT2D eigenvalue weighted by Crippen LogP contribution is 2.49. The van der Waals surface area contributed by atoms with Gasteiger partial charge in [0.25, 0.3) is 0 Å². The van der Waals surface area contributed by atoms with Crippen molar-refractivity contribution in [2.24, 2.45) is 0 Å². The van der Waals surface area contributed by atoms with Gasteiger partial charge in [0.1, 0.15) is 27.8 Å². The zero-order valence-electron chi connectivity index (χ0n) is 16.5. The van der Waals surface area contributed by atoms with Crippen LogP contribution in [0.1, 0.15) is 53.3 Å². The Bertz CT molecular complexity index is 1330. The predicted octanol–water partition coefficient (Wildman–Crippen LogP) is 4.79. The molecule has 154 valence electrons. The lowest BCUT2D eigenvalue weighted by Gasteiger charge is -2.35. The van der Waals surface area contributed by atoms with Crippen molar-refractivity contribution in [2.45, 2.75) is 37.2 Å². The third-order valence-corrected chi connectivity index (χ3v) is 6.52. The van der Waals surface area contributed by atoms with E-state index in [0.717, 1.165) is 42.6 Å². The van der Waals surface area contributed by atoms with Gasteiger partial charge in [-0.2, -0.15) is 0 Å². The molecule has 8 heteroatoms. The third-order valence-electron chi connectivity index (χ3n) is 6.31. The number of carbonyl (C=O) groups excluding carboxylic acids is 1. The standard InChI is InChI=1S/C23H18ClN5O2/c24-18-7-3-6-16(26-18)20-25-12-17-21(29-20)28-19(27-17)13-8-10-23(11-9-13)15-5-2-1-4-14(15)22(30)31-23/h1-7,12-13H,8-11H2,(H,25,27,28,29). The number of hydrogen-bond donors (Lipinski definition) is 1. The lowest BCUT2D eigenvalue weighted by atomic mass is 9.75. The van der Waals surface area contributed by atoms with Gasteiger partial charge in [0.05, 0.1) is 11.8 Å². The maximum Gasteiger partial charge on any atom is 0.339 e. The van der Waals surface area contributed by atoms with Gasteiger partial charge in [-0.1, -0.05) is 35.9 Å². The minimum absolute atomic E-state index is 0.213. The van der Waals surface area contributed by atoms with Gasteiger partial charge in [-0.05, 0) is 43.9 Å². The second-order valence-electron chi connectivity index (χ2n) is 8.10. The molecule has 3 aromatic heterocycles. The molecule has 0 unspecified atom stereocenters. The summed E-state index contributed by atoms with van der Waals surface area (Å²) in [6.07, 6.45) is 5.01. The summed E-state index contributed by atoms with van der Waals surface area (Å²) in [6, 6.07) is 13.1. The molecule has 0 bridgehead atoms. The monoisotopic (exact) mass is 431 g/mol. The van der Waals surface area contributed by atoms with Gasteiger partial charge in [0, 0.05) is 11.5 Å². The van der Waals surface area contributed by atoms with Crippen LogP contribution < -0.4 is 0 Å². The second kappa shape index (κ2) is 6.85. The predicted molar refractivity (Wildman–Crippen MR) is 115 cm³/mol. The molecule has 1 aliphatic carbocycles. The highest BCUT2D eigenvalue weighted by atomic mass is 35.5. The Morgan fingerprint density at radius 2 is 1.87 bits per heavy atom. The van der Waals surface area contributed by atoms with E-state index in [9.17, 15) is 4.79 Å². The first-order chi connectivity index (χ1) is 15.1. The van der Waals surface area contributed by atoms with Crippen LogP contribution in [0, 0.1) is 0 Å². The van der Waals surface area contributed by atoms with Gasteiger partial charge >= 0.3 is 5.97 Å². The molecule has 1 fully saturated rings. The molecule has 4 heterocycles. The molecule has 0 saturated heterocycles. The summed E-state index contributed by atoms with van der Waals surface area (Å²) in [7, 11) is 0. The molecule has 1 spiro atoms. The number of aromatic amines is 1. The molecule has 7 nitrogen and oxygen atoms in total. The van der Waals surface area contributed by atoms with Crippen LogP contribution >= 0.6 is 11.6 Å². The number of esters is 1. The Balaban J connectivity index is 1.26. The largest absolute Gasteiger partial charge is 0.451 e. The number of benzene rings is 1. The van der Waals surface area contributed by atoms with Gasteiger partial charge in [0.2, 0.25) is 0 Å². The summed E-state index contributed by atoms with van der Waals surface area (Å²) in [6.45, 7) is 0. The number of nitrogens with one attached hydrogen (secondary N) is 1. The molecule has 0 atom stereocenters. The number of H-pyrrole nitrogens is 1. The van der Waals surface area contributed by atoms with Crippen molar-refractivity contribution in [1.82, 2.24) is 24.9 Å². The van der Waals surface area contributed by atoms with Crippen LogP contribution in [0.25, 0.3) is 22.7 Å². The first-order valence-corrected chi connectivity index (χ1v) is 10.7. The summed E-state index contributed by atoms with van der Waals surface area (Å²) < 4.78 is 5.87. The van der Waals surface area contributed by atoms with Gasteiger partial charge in [0.15, 0.2) is 11.5 Å². The SMILES string of the molecule is O=C1OC2(CCC(c3nc4cnc(-c5cccc(Cl)n5)nc4[nH]3)CC2)c2ccccc21. The van der Waals surface area contributed by atoms with E-state index in [1.54, 1.807) is 12.3 Å². The number of rotatable bonds is 2. The van der Waals surface area contributed by atoms with Crippen LogP contribution in [-0.4, -0.2) is 30.9 Å². The number of ether oxygens (including phenoxy) is 1. The van der Waals surface area contributed by atoms with E-state index in [1.165, 1.54) is 0 Å². The van der Waals surface area contributed by atoms with Crippen molar-refractivity contribution in [3.63, 3.8) is 0 Å². The zero-order valence-corrected chi connectivity index (χ0v) is 17.3. The smallest absolute Gasteiger partial charge is 0.339 e. The van der Waals surface area contributed by atoms with E-state index in [0.29, 0.717) is 27.9 Å². The lowest BCUT2D eigenvalue weighted by molar-refractivity contribution is -0.0312. The molecule has 0 amide bonds. The van der Waals surface area contributed by atoms with Gasteiger partial charge in [-0.25, -0.2) is 24.7 Å². The molecule has 1 aromatic carbocycles. The van der Waals surface area contributed by atoms with Gasteiger partial charge in [-0.3, -0.25) is 0 Å². The molecule has 1 saturated carbocycles. The van der Waals surface area contributed by atoms with E-state index in [2.05, 4.69) is 19.9 Å². The van der Waals surface area contributed by atoms with Crippen LogP contribution in [0.2, 0.25) is 5.15 Å². The van der Waals surface area contributed by atoms with Crippen molar-refractivity contribution in [1.29, 1.82) is 0 Å². The molecule has 31 heavy (non-hydrogen) atoms. The molecule has 1 N–H and O–H groups in total. The molecular formula is C23H18ClN5O2. The maximum atomic E-state index is 12.3.